The molecule has 0 bridgehead atoms. The van der Waals surface area contributed by atoms with E-state index in [1.807, 2.05) is 62.8 Å². The summed E-state index contributed by atoms with van der Waals surface area (Å²) in [5.41, 5.74) is 13.5. The van der Waals surface area contributed by atoms with Crippen molar-refractivity contribution in [3.05, 3.63) is 69.8 Å². The monoisotopic (exact) mass is 555 g/mol. The van der Waals surface area contributed by atoms with E-state index in [0.717, 1.165) is 51.3 Å². The first-order chi connectivity index (χ1) is 16.8. The Balaban J connectivity index is 0.000000429. The fourth-order valence-electron chi connectivity index (χ4n) is 3.37. The van der Waals surface area contributed by atoms with Crippen molar-refractivity contribution in [3.63, 3.8) is 0 Å². The molecule has 1 amide bonds. The summed E-state index contributed by atoms with van der Waals surface area (Å²) in [4.78, 5) is 28.5. The molecule has 0 aliphatic heterocycles. The number of benzene rings is 1. The van der Waals surface area contributed by atoms with Gasteiger partial charge < -0.3 is 20.9 Å². The Morgan fingerprint density at radius 2 is 2.03 bits per heavy atom. The van der Waals surface area contributed by atoms with Gasteiger partial charge in [0.1, 0.15) is 0 Å². The van der Waals surface area contributed by atoms with Crippen LogP contribution in [0.1, 0.15) is 29.4 Å². The van der Waals surface area contributed by atoms with Gasteiger partial charge >= 0.3 is 0 Å². The highest BCUT2D eigenvalue weighted by molar-refractivity contribution is 9.10. The van der Waals surface area contributed by atoms with Gasteiger partial charge in [0.2, 0.25) is 0 Å². The molecule has 0 atom stereocenters. The van der Waals surface area contributed by atoms with Crippen molar-refractivity contribution in [3.8, 4) is 10.7 Å². The van der Waals surface area contributed by atoms with E-state index in [4.69, 9.17) is 16.5 Å². The number of fused-ring (bicyclic) bond motifs is 1. The molecular weight excluding hydrogens is 526 g/mol. The van der Waals surface area contributed by atoms with Crippen LogP contribution in [0.5, 0.6) is 0 Å². The number of pyridine rings is 1. The van der Waals surface area contributed by atoms with Gasteiger partial charge in [-0.1, -0.05) is 13.0 Å². The van der Waals surface area contributed by atoms with Gasteiger partial charge in [-0.3, -0.25) is 14.8 Å². The molecule has 4 N–H and O–H groups in total. The zero-order valence-corrected chi connectivity index (χ0v) is 22.5. The van der Waals surface area contributed by atoms with E-state index < -0.39 is 0 Å². The summed E-state index contributed by atoms with van der Waals surface area (Å²) in [5, 5.41) is 2.04. The second kappa shape index (κ2) is 12.5. The fraction of sp³-hybridized carbons (Fsp3) is 0.280. The molecule has 0 unspecified atom stereocenters. The van der Waals surface area contributed by atoms with Crippen LogP contribution in [-0.2, 0) is 13.5 Å². The number of guanidine groups is 1. The predicted molar refractivity (Wildman–Crippen MR) is 148 cm³/mol. The highest BCUT2D eigenvalue weighted by Crippen LogP contribution is 2.31. The van der Waals surface area contributed by atoms with Gasteiger partial charge in [0.25, 0.3) is 5.91 Å². The number of carbonyl (C=O) groups excluding carboxylic acids is 1. The number of aliphatic imine (C=N–C) groups is 1. The average molecular weight is 557 g/mol. The predicted octanol–water partition coefficient (Wildman–Crippen LogP) is 4.44. The highest BCUT2D eigenvalue weighted by Gasteiger charge is 2.16. The summed E-state index contributed by atoms with van der Waals surface area (Å²) >= 11 is 5.14. The number of thiophene rings is 1. The first-order valence-corrected chi connectivity index (χ1v) is 12.9. The second-order valence-electron chi connectivity index (χ2n) is 7.93. The smallest absolute Gasteiger partial charge is 0.253 e. The van der Waals surface area contributed by atoms with Crippen LogP contribution in [0.4, 0.5) is 0 Å². The molecular formula is C25H30BrN7OS. The fourth-order valence-corrected chi connectivity index (χ4v) is 4.83. The number of hydrogen-bond acceptors (Lipinski definition) is 5. The lowest BCUT2D eigenvalue weighted by Gasteiger charge is -2.17. The van der Waals surface area contributed by atoms with Crippen molar-refractivity contribution in [2.24, 2.45) is 23.5 Å². The van der Waals surface area contributed by atoms with Crippen molar-refractivity contribution in [1.29, 1.82) is 0 Å². The standard InChI is InChI=1S/C21H19BrN4OS.C4H11N3/c1-25(10-8-16-5-3-4-9-23-16)21(27)14-6-7-18-17(11-14)24-20(26(18)2)19-12-15(22)13-28-19;1-2-3-7-4(5)6/h3-7,9,11-13H,8,10H2,1-2H3;2-3H2,1H3,(H4,5,6,7). The molecule has 10 heteroatoms. The zero-order valence-electron chi connectivity index (χ0n) is 20.1. The Morgan fingerprint density at radius 3 is 2.63 bits per heavy atom. The lowest BCUT2D eigenvalue weighted by atomic mass is 10.1. The highest BCUT2D eigenvalue weighted by atomic mass is 79.9. The normalized spacial score (nSPS) is 10.5. The third-order valence-electron chi connectivity index (χ3n) is 5.21. The SMILES string of the molecule is CCCN=C(N)N.CN(CCc1ccccn1)C(=O)c1ccc2c(c1)nc(-c1cc(Br)cs1)n2C. The molecule has 0 saturated heterocycles. The van der Waals surface area contributed by atoms with E-state index in [9.17, 15) is 4.79 Å². The minimum atomic E-state index is -0.0103. The maximum atomic E-state index is 12.8. The Kier molecular flexibility index (Phi) is 9.39. The maximum Gasteiger partial charge on any atom is 0.253 e. The van der Waals surface area contributed by atoms with Gasteiger partial charge in [-0.25, -0.2) is 4.98 Å². The number of halogens is 1. The summed E-state index contributed by atoms with van der Waals surface area (Å²) in [6.07, 6.45) is 3.50. The molecule has 0 spiro atoms. The zero-order chi connectivity index (χ0) is 25.4. The Labute approximate surface area is 217 Å². The van der Waals surface area contributed by atoms with Gasteiger partial charge in [-0.15, -0.1) is 11.3 Å². The van der Waals surface area contributed by atoms with Crippen LogP contribution in [-0.4, -0.2) is 51.4 Å². The molecule has 3 aromatic heterocycles. The number of amides is 1. The van der Waals surface area contributed by atoms with E-state index in [1.54, 1.807) is 22.4 Å². The number of carbonyl (C=O) groups is 1. The summed E-state index contributed by atoms with van der Waals surface area (Å²) in [7, 11) is 3.82. The molecule has 0 fully saturated rings. The van der Waals surface area contributed by atoms with Gasteiger partial charge in [0, 0.05) is 60.9 Å². The van der Waals surface area contributed by atoms with E-state index >= 15 is 0 Å². The number of imidazole rings is 1. The van der Waals surface area contributed by atoms with E-state index in [-0.39, 0.29) is 11.9 Å². The molecule has 0 aliphatic rings. The first kappa shape index (κ1) is 26.4. The molecule has 0 radical (unpaired) electrons. The number of likely N-dealkylation sites (N-methyl/N-ethyl adjacent to an activating group) is 1. The summed E-state index contributed by atoms with van der Waals surface area (Å²) < 4.78 is 3.11. The van der Waals surface area contributed by atoms with Crippen LogP contribution in [0.25, 0.3) is 21.7 Å². The van der Waals surface area contributed by atoms with Gasteiger partial charge in [0.15, 0.2) is 11.8 Å². The van der Waals surface area contributed by atoms with Crippen LogP contribution >= 0.6 is 27.3 Å². The number of nitrogens with two attached hydrogens (primary N) is 2. The summed E-state index contributed by atoms with van der Waals surface area (Å²) in [5.74, 6) is 1.07. The van der Waals surface area contributed by atoms with Crippen LogP contribution in [0.15, 0.2) is 63.5 Å². The largest absolute Gasteiger partial charge is 0.370 e. The summed E-state index contributed by atoms with van der Waals surface area (Å²) in [6.45, 7) is 3.37. The second-order valence-corrected chi connectivity index (χ2v) is 9.76. The van der Waals surface area contributed by atoms with E-state index in [1.165, 1.54) is 0 Å². The third kappa shape index (κ3) is 7.12. The van der Waals surface area contributed by atoms with Crippen molar-refractivity contribution >= 4 is 50.2 Å². The topological polar surface area (TPSA) is 115 Å². The average Bonchev–Trinajstić information content (AvgIpc) is 3.44. The van der Waals surface area contributed by atoms with Crippen LogP contribution < -0.4 is 11.5 Å². The van der Waals surface area contributed by atoms with Crippen molar-refractivity contribution in [1.82, 2.24) is 19.4 Å². The van der Waals surface area contributed by atoms with Crippen LogP contribution in [0.2, 0.25) is 0 Å². The van der Waals surface area contributed by atoms with Gasteiger partial charge in [-0.2, -0.15) is 0 Å². The van der Waals surface area contributed by atoms with E-state index in [0.29, 0.717) is 12.1 Å². The molecule has 35 heavy (non-hydrogen) atoms. The Bertz CT molecular complexity index is 1300. The van der Waals surface area contributed by atoms with Crippen molar-refractivity contribution in [2.45, 2.75) is 19.8 Å². The summed E-state index contributed by atoms with van der Waals surface area (Å²) in [6, 6.07) is 13.6. The molecule has 0 aliphatic carbocycles. The maximum absolute atomic E-state index is 12.8. The lowest BCUT2D eigenvalue weighted by Crippen LogP contribution is -2.29. The number of rotatable bonds is 7. The molecule has 0 saturated carbocycles. The minimum Gasteiger partial charge on any atom is -0.370 e. The quantitative estimate of drug-likeness (QED) is 0.258. The number of aryl methyl sites for hydroxylation is 1. The first-order valence-electron chi connectivity index (χ1n) is 11.2. The molecule has 1 aromatic carbocycles. The third-order valence-corrected chi connectivity index (χ3v) is 6.90. The van der Waals surface area contributed by atoms with E-state index in [2.05, 4.69) is 36.5 Å². The van der Waals surface area contributed by atoms with Gasteiger partial charge in [-0.05, 0) is 58.7 Å². The number of aromatic nitrogens is 3. The van der Waals surface area contributed by atoms with Gasteiger partial charge in [0.05, 0.1) is 15.9 Å². The Hall–Kier alpha value is -3.24. The Morgan fingerprint density at radius 1 is 1.23 bits per heavy atom. The molecule has 3 heterocycles. The number of hydrogen-bond donors (Lipinski definition) is 2. The minimum absolute atomic E-state index is 0.0103. The number of nitrogens with zero attached hydrogens (tertiary/aromatic N) is 5. The van der Waals surface area contributed by atoms with Crippen LogP contribution in [0, 0.1) is 0 Å². The molecule has 4 aromatic rings. The molecule has 4 rings (SSSR count). The van der Waals surface area contributed by atoms with Crippen molar-refractivity contribution < 1.29 is 4.79 Å². The van der Waals surface area contributed by atoms with Crippen molar-refractivity contribution in [2.75, 3.05) is 20.1 Å². The molecule has 184 valence electrons. The lowest BCUT2D eigenvalue weighted by molar-refractivity contribution is 0.0796. The molecule has 8 nitrogen and oxygen atoms in total. The van der Waals surface area contributed by atoms with Crippen LogP contribution in [0.3, 0.4) is 0 Å².